The minimum absolute atomic E-state index is 0.824. The number of hydrogen-bond acceptors (Lipinski definition) is 2. The normalized spacial score (nSPS) is 10.7. The lowest BCUT2D eigenvalue weighted by Crippen LogP contribution is -2.08. The molecule has 0 spiro atoms. The van der Waals surface area contributed by atoms with Crippen molar-refractivity contribution < 1.29 is 0 Å². The van der Waals surface area contributed by atoms with Crippen LogP contribution in [0.1, 0.15) is 0 Å². The van der Waals surface area contributed by atoms with Gasteiger partial charge in [-0.15, -0.1) is 0 Å². The molecule has 0 radical (unpaired) electrons. The van der Waals surface area contributed by atoms with Crippen LogP contribution in [0.3, 0.4) is 0 Å². The van der Waals surface area contributed by atoms with E-state index in [1.807, 2.05) is 19.0 Å². The van der Waals surface area contributed by atoms with Crippen molar-refractivity contribution in [1.82, 2.24) is 4.90 Å². The number of rotatable bonds is 3. The van der Waals surface area contributed by atoms with Crippen molar-refractivity contribution in [3.05, 3.63) is 24.6 Å². The lowest BCUT2D eigenvalue weighted by atomic mass is 10.5. The molecule has 2 heteroatoms. The van der Waals surface area contributed by atoms with Crippen molar-refractivity contribution in [3.63, 3.8) is 0 Å². The van der Waals surface area contributed by atoms with Crippen molar-refractivity contribution in [2.45, 2.75) is 0 Å². The minimum Gasteiger partial charge on any atom is -0.363 e. The Hall–Kier alpha value is -1.05. The summed E-state index contributed by atoms with van der Waals surface area (Å²) in [6, 6.07) is 0. The first-order valence-electron chi connectivity index (χ1n) is 2.69. The molecule has 0 aromatic rings. The molecule has 0 aromatic carbocycles. The molecule has 0 bridgehead atoms. The molecule has 0 amide bonds. The van der Waals surface area contributed by atoms with Gasteiger partial charge in [-0.05, 0) is 12.8 Å². The van der Waals surface area contributed by atoms with Crippen LogP contribution in [0.25, 0.3) is 0 Å². The molecule has 50 valence electrons. The average Bonchev–Trinajstić information content (AvgIpc) is 1.82. The zero-order chi connectivity index (χ0) is 7.28. The summed E-state index contributed by atoms with van der Waals surface area (Å²) >= 11 is 0. The first-order valence-corrected chi connectivity index (χ1v) is 2.69. The summed E-state index contributed by atoms with van der Waals surface area (Å²) in [7, 11) is 3.81. The van der Waals surface area contributed by atoms with Crippen molar-refractivity contribution in [2.75, 3.05) is 14.1 Å². The Labute approximate surface area is 56.2 Å². The summed E-state index contributed by atoms with van der Waals surface area (Å²) < 4.78 is 0. The fourth-order valence-electron chi connectivity index (χ4n) is 0.449. The molecular weight excluding hydrogens is 112 g/mol. The number of allylic oxidation sites excluding steroid dienone is 2. The van der Waals surface area contributed by atoms with E-state index >= 15 is 0 Å². The molecule has 0 aliphatic carbocycles. The highest BCUT2D eigenvalue weighted by atomic mass is 15.2. The zero-order valence-corrected chi connectivity index (χ0v) is 5.96. The molecule has 9 heavy (non-hydrogen) atoms. The Morgan fingerprint density at radius 3 is 2.22 bits per heavy atom. The lowest BCUT2D eigenvalue weighted by Gasteiger charge is -2.10. The summed E-state index contributed by atoms with van der Waals surface area (Å²) in [6.45, 7) is 6.93. The maximum atomic E-state index is 3.74. The molecule has 0 aliphatic rings. The molecule has 0 atom stereocenters. The van der Waals surface area contributed by atoms with Crippen LogP contribution in [0.2, 0.25) is 0 Å². The standard InChI is InChI=1S/C7H12N2/c1-5-6-7(8-2)9(3)4/h5-6H,1-2H2,3-4H3. The molecule has 0 N–H and O–H groups in total. The van der Waals surface area contributed by atoms with E-state index in [4.69, 9.17) is 0 Å². The topological polar surface area (TPSA) is 15.6 Å². The Bertz CT molecular complexity index is 134. The first kappa shape index (κ1) is 7.95. The van der Waals surface area contributed by atoms with Crippen LogP contribution < -0.4 is 0 Å². The number of aliphatic imine (C=N–C) groups is 1. The third-order valence-corrected chi connectivity index (χ3v) is 0.887. The predicted molar refractivity (Wildman–Crippen MR) is 41.5 cm³/mol. The van der Waals surface area contributed by atoms with E-state index in [1.54, 1.807) is 12.2 Å². The van der Waals surface area contributed by atoms with E-state index in [-0.39, 0.29) is 0 Å². The third kappa shape index (κ3) is 2.69. The Balaban J connectivity index is 4.13. The van der Waals surface area contributed by atoms with E-state index in [0.29, 0.717) is 0 Å². The highest BCUT2D eigenvalue weighted by molar-refractivity contribution is 5.29. The fraction of sp³-hybridized carbons (Fsp3) is 0.286. The van der Waals surface area contributed by atoms with Gasteiger partial charge in [0.2, 0.25) is 0 Å². The van der Waals surface area contributed by atoms with Gasteiger partial charge < -0.3 is 4.90 Å². The van der Waals surface area contributed by atoms with Crippen LogP contribution in [0.4, 0.5) is 0 Å². The van der Waals surface area contributed by atoms with E-state index in [1.165, 1.54) is 0 Å². The van der Waals surface area contributed by atoms with Crippen molar-refractivity contribution in [3.8, 4) is 0 Å². The fourth-order valence-corrected chi connectivity index (χ4v) is 0.449. The van der Waals surface area contributed by atoms with E-state index in [0.717, 1.165) is 5.82 Å². The van der Waals surface area contributed by atoms with Gasteiger partial charge >= 0.3 is 0 Å². The molecule has 0 aliphatic heterocycles. The monoisotopic (exact) mass is 124 g/mol. The average molecular weight is 124 g/mol. The van der Waals surface area contributed by atoms with Crippen LogP contribution in [0, 0.1) is 0 Å². The predicted octanol–water partition coefficient (Wildman–Crippen LogP) is 1.28. The van der Waals surface area contributed by atoms with Gasteiger partial charge in [-0.3, -0.25) is 0 Å². The molecule has 0 aromatic heterocycles. The van der Waals surface area contributed by atoms with Crippen molar-refractivity contribution >= 4 is 6.72 Å². The van der Waals surface area contributed by atoms with Crippen LogP contribution in [0.15, 0.2) is 29.5 Å². The summed E-state index contributed by atoms with van der Waals surface area (Å²) in [5, 5.41) is 0. The van der Waals surface area contributed by atoms with Gasteiger partial charge in [-0.1, -0.05) is 12.7 Å². The summed E-state index contributed by atoms with van der Waals surface area (Å²) in [6.07, 6.45) is 3.48. The zero-order valence-electron chi connectivity index (χ0n) is 5.96. The Morgan fingerprint density at radius 1 is 1.56 bits per heavy atom. The molecule has 0 saturated carbocycles. The summed E-state index contributed by atoms with van der Waals surface area (Å²) in [5.74, 6) is 0.824. The molecule has 0 fully saturated rings. The quantitative estimate of drug-likeness (QED) is 0.408. The Morgan fingerprint density at radius 2 is 2.11 bits per heavy atom. The van der Waals surface area contributed by atoms with Gasteiger partial charge in [0.05, 0.1) is 0 Å². The smallest absolute Gasteiger partial charge is 0.127 e. The third-order valence-electron chi connectivity index (χ3n) is 0.887. The second kappa shape index (κ2) is 3.89. The van der Waals surface area contributed by atoms with Crippen LogP contribution in [-0.2, 0) is 0 Å². The maximum absolute atomic E-state index is 3.74. The van der Waals surface area contributed by atoms with Gasteiger partial charge in [0.15, 0.2) is 0 Å². The van der Waals surface area contributed by atoms with Crippen molar-refractivity contribution in [1.29, 1.82) is 0 Å². The second-order valence-electron chi connectivity index (χ2n) is 1.81. The van der Waals surface area contributed by atoms with Crippen LogP contribution in [-0.4, -0.2) is 25.7 Å². The number of nitrogens with zero attached hydrogens (tertiary/aromatic N) is 2. The SMILES string of the molecule is C=CC=C(N=C)N(C)C. The minimum atomic E-state index is 0.824. The van der Waals surface area contributed by atoms with Crippen molar-refractivity contribution in [2.24, 2.45) is 4.99 Å². The van der Waals surface area contributed by atoms with Gasteiger partial charge in [0.25, 0.3) is 0 Å². The molecule has 0 saturated heterocycles. The Kier molecular flexibility index (Phi) is 3.44. The maximum Gasteiger partial charge on any atom is 0.127 e. The molecule has 0 unspecified atom stereocenters. The summed E-state index contributed by atoms with van der Waals surface area (Å²) in [5.41, 5.74) is 0. The highest BCUT2D eigenvalue weighted by Gasteiger charge is 1.89. The van der Waals surface area contributed by atoms with Crippen LogP contribution in [0.5, 0.6) is 0 Å². The highest BCUT2D eigenvalue weighted by Crippen LogP contribution is 1.97. The van der Waals surface area contributed by atoms with Crippen LogP contribution >= 0.6 is 0 Å². The van der Waals surface area contributed by atoms with E-state index in [2.05, 4.69) is 18.3 Å². The molecule has 0 heterocycles. The largest absolute Gasteiger partial charge is 0.363 e. The molecule has 0 rings (SSSR count). The van der Waals surface area contributed by atoms with E-state index in [9.17, 15) is 0 Å². The van der Waals surface area contributed by atoms with Gasteiger partial charge in [0, 0.05) is 14.1 Å². The van der Waals surface area contributed by atoms with Gasteiger partial charge in [-0.2, -0.15) is 0 Å². The second-order valence-corrected chi connectivity index (χ2v) is 1.81. The lowest BCUT2D eigenvalue weighted by molar-refractivity contribution is 0.508. The molecular formula is C7H12N2. The number of hydrogen-bond donors (Lipinski definition) is 0. The summed E-state index contributed by atoms with van der Waals surface area (Å²) in [4.78, 5) is 5.61. The van der Waals surface area contributed by atoms with Gasteiger partial charge in [-0.25, -0.2) is 4.99 Å². The first-order chi connectivity index (χ1) is 4.22. The van der Waals surface area contributed by atoms with Gasteiger partial charge in [0.1, 0.15) is 5.82 Å². The molecule has 2 nitrogen and oxygen atoms in total. The van der Waals surface area contributed by atoms with E-state index < -0.39 is 0 Å².